The van der Waals surface area contributed by atoms with Crippen LogP contribution in [0.4, 0.5) is 5.82 Å². The van der Waals surface area contributed by atoms with E-state index in [1.807, 2.05) is 13.8 Å². The third-order valence-electron chi connectivity index (χ3n) is 4.28. The maximum absolute atomic E-state index is 6.10. The van der Waals surface area contributed by atoms with E-state index >= 15 is 0 Å². The first-order valence-electron chi connectivity index (χ1n) is 7.24. The van der Waals surface area contributed by atoms with Crippen molar-refractivity contribution < 1.29 is 4.74 Å². The molecule has 0 bridgehead atoms. The molecule has 1 aliphatic carbocycles. The van der Waals surface area contributed by atoms with Crippen LogP contribution in [0, 0.1) is 12.3 Å². The number of nitrogens with two attached hydrogens (primary N) is 1. The van der Waals surface area contributed by atoms with Crippen molar-refractivity contribution in [2.75, 3.05) is 12.3 Å². The van der Waals surface area contributed by atoms with Crippen molar-refractivity contribution in [3.63, 3.8) is 0 Å². The molecule has 0 unspecified atom stereocenters. The number of aryl methyl sites for hydroxylation is 1. The highest BCUT2D eigenvalue weighted by Gasteiger charge is 2.42. The van der Waals surface area contributed by atoms with Crippen LogP contribution in [-0.4, -0.2) is 16.6 Å². The van der Waals surface area contributed by atoms with E-state index in [0.717, 1.165) is 41.7 Å². The quantitative estimate of drug-likeness (QED) is 0.903. The van der Waals surface area contributed by atoms with E-state index in [1.54, 1.807) is 0 Å². The molecule has 1 aliphatic rings. The van der Waals surface area contributed by atoms with E-state index in [4.69, 9.17) is 10.5 Å². The zero-order valence-electron chi connectivity index (χ0n) is 12.8. The normalized spacial score (nSPS) is 20.9. The molecule has 20 heavy (non-hydrogen) atoms. The smallest absolute Gasteiger partial charge is 0.162 e. The molecular weight excluding hydrogens is 318 g/mol. The summed E-state index contributed by atoms with van der Waals surface area (Å²) in [5.74, 6) is 1.24. The summed E-state index contributed by atoms with van der Waals surface area (Å²) in [5, 5.41) is 0. The van der Waals surface area contributed by atoms with Crippen molar-refractivity contribution in [3.05, 3.63) is 16.0 Å². The molecule has 0 radical (unpaired) electrons. The lowest BCUT2D eigenvalue weighted by Crippen LogP contribution is -2.39. The first kappa shape index (κ1) is 15.7. The van der Waals surface area contributed by atoms with E-state index in [9.17, 15) is 0 Å². The average molecular weight is 342 g/mol. The summed E-state index contributed by atoms with van der Waals surface area (Å²) < 4.78 is 6.89. The van der Waals surface area contributed by atoms with Gasteiger partial charge in [-0.3, -0.25) is 0 Å². The number of halogens is 1. The number of aromatic nitrogens is 2. The first-order valence-corrected chi connectivity index (χ1v) is 8.03. The molecule has 0 amide bonds. The number of nitrogen functional groups attached to an aromatic ring is 1. The van der Waals surface area contributed by atoms with Gasteiger partial charge < -0.3 is 10.5 Å². The van der Waals surface area contributed by atoms with E-state index in [2.05, 4.69) is 39.7 Å². The van der Waals surface area contributed by atoms with Crippen molar-refractivity contribution >= 4 is 21.7 Å². The van der Waals surface area contributed by atoms with Crippen LogP contribution in [0.3, 0.4) is 0 Å². The van der Waals surface area contributed by atoms with Gasteiger partial charge in [-0.25, -0.2) is 9.97 Å². The van der Waals surface area contributed by atoms with Crippen LogP contribution in [0.15, 0.2) is 4.47 Å². The molecule has 0 aromatic carbocycles. The molecule has 1 saturated carbocycles. The van der Waals surface area contributed by atoms with Gasteiger partial charge in [0.2, 0.25) is 0 Å². The van der Waals surface area contributed by atoms with Gasteiger partial charge in [-0.2, -0.15) is 0 Å². The van der Waals surface area contributed by atoms with Gasteiger partial charge in [0, 0.05) is 6.61 Å². The molecular formula is C15H24BrN3O. The Morgan fingerprint density at radius 2 is 1.80 bits per heavy atom. The van der Waals surface area contributed by atoms with E-state index in [0.29, 0.717) is 17.8 Å². The Morgan fingerprint density at radius 3 is 2.30 bits per heavy atom. The number of anilines is 1. The molecule has 2 rings (SSSR count). The number of nitrogens with zero attached hydrogens (tertiary/aromatic N) is 2. The highest BCUT2D eigenvalue weighted by Crippen LogP contribution is 2.46. The topological polar surface area (TPSA) is 61.0 Å². The summed E-state index contributed by atoms with van der Waals surface area (Å²) in [6.07, 6.45) is 4.14. The van der Waals surface area contributed by atoms with Crippen molar-refractivity contribution in [1.29, 1.82) is 0 Å². The maximum Gasteiger partial charge on any atom is 0.162 e. The van der Waals surface area contributed by atoms with Crippen molar-refractivity contribution in [2.24, 2.45) is 5.41 Å². The summed E-state index contributed by atoms with van der Waals surface area (Å²) >= 11 is 3.42. The molecule has 1 heterocycles. The maximum atomic E-state index is 6.10. The van der Waals surface area contributed by atoms with Gasteiger partial charge >= 0.3 is 0 Å². The second-order valence-corrected chi connectivity index (χ2v) is 7.22. The third-order valence-corrected chi connectivity index (χ3v) is 5.26. The van der Waals surface area contributed by atoms with Crippen molar-refractivity contribution in [2.45, 2.75) is 59.0 Å². The molecule has 1 aromatic heterocycles. The number of hydrogen-bond donors (Lipinski definition) is 1. The lowest BCUT2D eigenvalue weighted by molar-refractivity contribution is -0.0948. The number of ether oxygens (including phenoxy) is 1. The van der Waals surface area contributed by atoms with Crippen molar-refractivity contribution in [3.8, 4) is 0 Å². The van der Waals surface area contributed by atoms with Crippen LogP contribution in [0.2, 0.25) is 0 Å². The molecule has 1 fully saturated rings. The Hall–Kier alpha value is -0.680. The van der Waals surface area contributed by atoms with Gasteiger partial charge in [-0.05, 0) is 60.9 Å². The SMILES string of the molecule is CCOC1(c2nc(C)c(Br)c(N)n2)CCC(C)(C)CC1. The van der Waals surface area contributed by atoms with Crippen LogP contribution in [0.25, 0.3) is 0 Å². The van der Waals surface area contributed by atoms with Crippen LogP contribution in [0.5, 0.6) is 0 Å². The Morgan fingerprint density at radius 1 is 1.20 bits per heavy atom. The highest BCUT2D eigenvalue weighted by atomic mass is 79.9. The van der Waals surface area contributed by atoms with Gasteiger partial charge in [0.25, 0.3) is 0 Å². The largest absolute Gasteiger partial charge is 0.383 e. The number of hydrogen-bond acceptors (Lipinski definition) is 4. The summed E-state index contributed by atoms with van der Waals surface area (Å²) in [6, 6.07) is 0. The third kappa shape index (κ3) is 2.98. The molecule has 4 nitrogen and oxygen atoms in total. The summed E-state index contributed by atoms with van der Waals surface area (Å²) in [5.41, 5.74) is 6.86. The first-order chi connectivity index (χ1) is 9.30. The lowest BCUT2D eigenvalue weighted by Gasteiger charge is -2.42. The monoisotopic (exact) mass is 341 g/mol. The fraction of sp³-hybridized carbons (Fsp3) is 0.733. The molecule has 2 N–H and O–H groups in total. The summed E-state index contributed by atoms with van der Waals surface area (Å²) in [4.78, 5) is 9.12. The van der Waals surface area contributed by atoms with Crippen LogP contribution in [-0.2, 0) is 10.3 Å². The van der Waals surface area contributed by atoms with Gasteiger partial charge in [0.1, 0.15) is 11.4 Å². The summed E-state index contributed by atoms with van der Waals surface area (Å²) in [7, 11) is 0. The van der Waals surface area contributed by atoms with Gasteiger partial charge in [0.15, 0.2) is 5.82 Å². The predicted molar refractivity (Wildman–Crippen MR) is 84.4 cm³/mol. The number of rotatable bonds is 3. The average Bonchev–Trinajstić information content (AvgIpc) is 2.38. The Balaban J connectivity index is 2.39. The highest BCUT2D eigenvalue weighted by molar-refractivity contribution is 9.10. The van der Waals surface area contributed by atoms with Gasteiger partial charge in [-0.1, -0.05) is 13.8 Å². The molecule has 0 aliphatic heterocycles. The molecule has 1 aromatic rings. The summed E-state index contributed by atoms with van der Waals surface area (Å²) in [6.45, 7) is 9.25. The fourth-order valence-corrected chi connectivity index (χ4v) is 3.00. The van der Waals surface area contributed by atoms with E-state index < -0.39 is 0 Å². The van der Waals surface area contributed by atoms with Gasteiger partial charge in [-0.15, -0.1) is 0 Å². The molecule has 5 heteroatoms. The molecule has 0 spiro atoms. The minimum absolute atomic E-state index is 0.371. The Kier molecular flexibility index (Phi) is 4.40. The fourth-order valence-electron chi connectivity index (χ4n) is 2.82. The van der Waals surface area contributed by atoms with E-state index in [-0.39, 0.29) is 5.60 Å². The van der Waals surface area contributed by atoms with E-state index in [1.165, 1.54) is 0 Å². The van der Waals surface area contributed by atoms with Crippen LogP contribution in [0.1, 0.15) is 58.0 Å². The molecule has 0 saturated heterocycles. The second-order valence-electron chi connectivity index (χ2n) is 6.42. The Bertz CT molecular complexity index is 469. The lowest BCUT2D eigenvalue weighted by atomic mass is 9.70. The minimum atomic E-state index is -0.371. The second kappa shape index (κ2) is 5.60. The van der Waals surface area contributed by atoms with Crippen LogP contribution < -0.4 is 5.73 Å². The van der Waals surface area contributed by atoms with Gasteiger partial charge in [0.05, 0.1) is 10.2 Å². The Labute approximate surface area is 129 Å². The standard InChI is InChI=1S/C15H24BrN3O/c1-5-20-15(8-6-14(3,4)7-9-15)13-18-10(2)11(16)12(17)19-13/h5-9H2,1-4H3,(H2,17,18,19). The zero-order valence-corrected chi connectivity index (χ0v) is 14.4. The van der Waals surface area contributed by atoms with Crippen molar-refractivity contribution in [1.82, 2.24) is 9.97 Å². The predicted octanol–water partition coefficient (Wildman–Crippen LogP) is 3.96. The molecule has 0 atom stereocenters. The zero-order chi connectivity index (χ0) is 15.0. The molecule has 112 valence electrons. The van der Waals surface area contributed by atoms with Crippen LogP contribution >= 0.6 is 15.9 Å². The minimum Gasteiger partial charge on any atom is -0.383 e.